The van der Waals surface area contributed by atoms with E-state index in [2.05, 4.69) is 9.89 Å². The number of halogens is 1. The summed E-state index contributed by atoms with van der Waals surface area (Å²) in [6.45, 7) is 2.77. The van der Waals surface area contributed by atoms with Crippen LogP contribution in [-0.4, -0.2) is 42.2 Å². The summed E-state index contributed by atoms with van der Waals surface area (Å²) >= 11 is 1.38. The maximum Gasteiger partial charge on any atom is 0.286 e. The van der Waals surface area contributed by atoms with Gasteiger partial charge in [0.1, 0.15) is 11.6 Å². The van der Waals surface area contributed by atoms with Crippen LogP contribution in [0.2, 0.25) is 0 Å². The minimum absolute atomic E-state index is 0.206. The van der Waals surface area contributed by atoms with Crippen LogP contribution in [-0.2, 0) is 4.79 Å². The normalized spacial score (nSPS) is 19.4. The smallest absolute Gasteiger partial charge is 0.286 e. The number of hydrogen-bond acceptors (Lipinski definition) is 5. The number of piperazine rings is 1. The summed E-state index contributed by atoms with van der Waals surface area (Å²) in [5.41, 5.74) is 0.623. The monoisotopic (exact) mass is 383 g/mol. The van der Waals surface area contributed by atoms with Crippen LogP contribution >= 0.6 is 11.8 Å². The summed E-state index contributed by atoms with van der Waals surface area (Å²) < 4.78 is 19.2. The molecule has 0 spiro atoms. The zero-order valence-corrected chi connectivity index (χ0v) is 15.4. The van der Waals surface area contributed by atoms with Gasteiger partial charge in [-0.25, -0.2) is 4.39 Å². The van der Waals surface area contributed by atoms with Crippen LogP contribution in [0.5, 0.6) is 0 Å². The number of amidine groups is 1. The molecule has 0 unspecified atom stereocenters. The van der Waals surface area contributed by atoms with Crippen molar-refractivity contribution in [1.82, 2.24) is 4.90 Å². The number of aliphatic imine (C=N–C) groups is 1. The van der Waals surface area contributed by atoms with Crippen molar-refractivity contribution < 1.29 is 13.6 Å². The van der Waals surface area contributed by atoms with E-state index < -0.39 is 0 Å². The number of furan rings is 1. The first kappa shape index (κ1) is 17.6. The number of rotatable bonds is 3. The molecule has 3 heterocycles. The van der Waals surface area contributed by atoms with E-state index in [0.29, 0.717) is 41.9 Å². The van der Waals surface area contributed by atoms with E-state index >= 15 is 0 Å². The van der Waals surface area contributed by atoms with Crippen molar-refractivity contribution in [2.45, 2.75) is 0 Å². The summed E-state index contributed by atoms with van der Waals surface area (Å²) in [5, 5.41) is 0.714. The lowest BCUT2D eigenvalue weighted by Gasteiger charge is -2.36. The van der Waals surface area contributed by atoms with Crippen LogP contribution in [0.4, 0.5) is 10.1 Å². The molecule has 138 valence electrons. The van der Waals surface area contributed by atoms with Gasteiger partial charge in [-0.2, -0.15) is 4.99 Å². The van der Waals surface area contributed by atoms with Gasteiger partial charge < -0.3 is 14.2 Å². The number of carbonyl (C=O) groups is 1. The van der Waals surface area contributed by atoms with E-state index in [1.807, 2.05) is 23.1 Å². The maximum absolute atomic E-state index is 13.9. The van der Waals surface area contributed by atoms with Gasteiger partial charge in [-0.3, -0.25) is 4.79 Å². The van der Waals surface area contributed by atoms with Crippen molar-refractivity contribution in [3.8, 4) is 0 Å². The summed E-state index contributed by atoms with van der Waals surface area (Å²) in [6.07, 6.45) is 6.94. The molecule has 1 saturated heterocycles. The second-order valence-corrected chi connectivity index (χ2v) is 7.14. The number of para-hydroxylation sites is 1. The predicted octanol–water partition coefficient (Wildman–Crippen LogP) is 3.77. The number of allylic oxidation sites excluding steroid dienone is 2. The SMILES string of the molecule is O=C1N=C(N2CCN(c3ccccc3F)CC2)SC1=CC=Cc1ccco1. The van der Waals surface area contributed by atoms with Gasteiger partial charge in [0.25, 0.3) is 5.91 Å². The quantitative estimate of drug-likeness (QED) is 0.755. The van der Waals surface area contributed by atoms with Gasteiger partial charge >= 0.3 is 0 Å². The highest BCUT2D eigenvalue weighted by molar-refractivity contribution is 8.18. The lowest BCUT2D eigenvalue weighted by molar-refractivity contribution is -0.113. The third-order valence-electron chi connectivity index (χ3n) is 4.40. The molecule has 0 bridgehead atoms. The van der Waals surface area contributed by atoms with Crippen molar-refractivity contribution in [3.05, 3.63) is 71.3 Å². The van der Waals surface area contributed by atoms with Gasteiger partial charge in [-0.15, -0.1) is 0 Å². The fraction of sp³-hybridized carbons (Fsp3) is 0.200. The van der Waals surface area contributed by atoms with E-state index in [1.165, 1.54) is 17.8 Å². The summed E-state index contributed by atoms with van der Waals surface area (Å²) in [4.78, 5) is 21.0. The Kier molecular flexibility index (Phi) is 5.11. The molecule has 1 aromatic heterocycles. The van der Waals surface area contributed by atoms with Gasteiger partial charge in [0.05, 0.1) is 16.9 Å². The second-order valence-electron chi connectivity index (χ2n) is 6.13. The Morgan fingerprint density at radius 1 is 1.07 bits per heavy atom. The van der Waals surface area contributed by atoms with Crippen LogP contribution < -0.4 is 4.90 Å². The highest BCUT2D eigenvalue weighted by Crippen LogP contribution is 2.30. The Balaban J connectivity index is 1.36. The summed E-state index contributed by atoms with van der Waals surface area (Å²) in [7, 11) is 0. The van der Waals surface area contributed by atoms with E-state index in [4.69, 9.17) is 4.42 Å². The van der Waals surface area contributed by atoms with Crippen molar-refractivity contribution in [2.75, 3.05) is 31.1 Å². The van der Waals surface area contributed by atoms with Crippen LogP contribution in [0.3, 0.4) is 0 Å². The van der Waals surface area contributed by atoms with Gasteiger partial charge in [-0.05, 0) is 48.2 Å². The number of nitrogens with zero attached hydrogens (tertiary/aromatic N) is 3. The average molecular weight is 383 g/mol. The molecule has 7 heteroatoms. The number of hydrogen-bond donors (Lipinski definition) is 0. The molecule has 27 heavy (non-hydrogen) atoms. The van der Waals surface area contributed by atoms with Gasteiger partial charge in [-0.1, -0.05) is 18.2 Å². The molecule has 5 nitrogen and oxygen atoms in total. The van der Waals surface area contributed by atoms with E-state index in [-0.39, 0.29) is 11.7 Å². The number of thioether (sulfide) groups is 1. The van der Waals surface area contributed by atoms with Crippen LogP contribution in [0.1, 0.15) is 5.76 Å². The van der Waals surface area contributed by atoms with Crippen LogP contribution in [0.15, 0.2) is 69.1 Å². The number of amides is 1. The number of carbonyl (C=O) groups excluding carboxylic acids is 1. The lowest BCUT2D eigenvalue weighted by atomic mass is 10.2. The molecule has 0 radical (unpaired) electrons. The highest BCUT2D eigenvalue weighted by Gasteiger charge is 2.28. The Bertz CT molecular complexity index is 913. The first-order valence-electron chi connectivity index (χ1n) is 8.68. The molecule has 2 aromatic rings. The maximum atomic E-state index is 13.9. The zero-order valence-electron chi connectivity index (χ0n) is 14.5. The fourth-order valence-electron chi connectivity index (χ4n) is 3.01. The van der Waals surface area contributed by atoms with Gasteiger partial charge in [0, 0.05) is 26.2 Å². The highest BCUT2D eigenvalue weighted by atomic mass is 32.2. The lowest BCUT2D eigenvalue weighted by Crippen LogP contribution is -2.48. The Morgan fingerprint density at radius 2 is 1.85 bits per heavy atom. The molecular weight excluding hydrogens is 365 g/mol. The molecule has 1 fully saturated rings. The van der Waals surface area contributed by atoms with E-state index in [1.54, 1.807) is 36.6 Å². The summed E-state index contributed by atoms with van der Waals surface area (Å²) in [6, 6.07) is 10.5. The predicted molar refractivity (Wildman–Crippen MR) is 106 cm³/mol. The fourth-order valence-corrected chi connectivity index (χ4v) is 3.93. The minimum atomic E-state index is -0.226. The third kappa shape index (κ3) is 3.98. The van der Waals surface area contributed by atoms with Gasteiger partial charge in [0.15, 0.2) is 5.17 Å². The molecular formula is C20H18FN3O2S. The topological polar surface area (TPSA) is 49.1 Å². The molecule has 4 rings (SSSR count). The number of anilines is 1. The number of benzene rings is 1. The van der Waals surface area contributed by atoms with E-state index in [0.717, 1.165) is 5.76 Å². The second kappa shape index (κ2) is 7.84. The largest absolute Gasteiger partial charge is 0.465 e. The Hall–Kier alpha value is -2.80. The molecule has 2 aliphatic heterocycles. The molecule has 0 N–H and O–H groups in total. The average Bonchev–Trinajstić information content (AvgIpc) is 3.33. The molecule has 0 atom stereocenters. The first-order chi connectivity index (χ1) is 13.2. The minimum Gasteiger partial charge on any atom is -0.465 e. The Labute approximate surface area is 160 Å². The van der Waals surface area contributed by atoms with Crippen molar-refractivity contribution in [3.63, 3.8) is 0 Å². The van der Waals surface area contributed by atoms with Crippen LogP contribution in [0, 0.1) is 5.82 Å². The Morgan fingerprint density at radius 3 is 2.59 bits per heavy atom. The first-order valence-corrected chi connectivity index (χ1v) is 9.49. The van der Waals surface area contributed by atoms with Crippen molar-refractivity contribution >= 4 is 34.6 Å². The molecule has 1 amide bonds. The molecule has 2 aliphatic rings. The van der Waals surface area contributed by atoms with E-state index in [9.17, 15) is 9.18 Å². The van der Waals surface area contributed by atoms with Crippen molar-refractivity contribution in [1.29, 1.82) is 0 Å². The van der Waals surface area contributed by atoms with Crippen LogP contribution in [0.25, 0.3) is 6.08 Å². The third-order valence-corrected chi connectivity index (χ3v) is 5.47. The standard InChI is InChI=1S/C20H18FN3O2S/c21-16-7-1-2-8-17(16)23-10-12-24(13-11-23)20-22-19(25)18(27-20)9-3-5-15-6-4-14-26-15/h1-9,14H,10-13H2. The van der Waals surface area contributed by atoms with Crippen molar-refractivity contribution in [2.24, 2.45) is 4.99 Å². The molecule has 0 saturated carbocycles. The summed E-state index contributed by atoms with van der Waals surface area (Å²) in [5.74, 6) is 0.297. The molecule has 1 aromatic carbocycles. The zero-order chi connectivity index (χ0) is 18.6. The molecule has 0 aliphatic carbocycles. The van der Waals surface area contributed by atoms with Gasteiger partial charge in [0.2, 0.25) is 0 Å².